The molecule has 4 rings (SSSR count). The Kier molecular flexibility index (Phi) is 5.54. The zero-order valence-electron chi connectivity index (χ0n) is 15.9. The number of nitrogens with zero attached hydrogens (tertiary/aromatic N) is 4. The van der Waals surface area contributed by atoms with E-state index in [4.69, 9.17) is 10.00 Å². The highest BCUT2D eigenvalue weighted by molar-refractivity contribution is 5.94. The van der Waals surface area contributed by atoms with Gasteiger partial charge in [-0.3, -0.25) is 14.7 Å². The van der Waals surface area contributed by atoms with Crippen molar-refractivity contribution in [2.75, 3.05) is 26.2 Å². The molecule has 0 bridgehead atoms. The fourth-order valence-electron chi connectivity index (χ4n) is 3.80. The van der Waals surface area contributed by atoms with Crippen LogP contribution in [0.1, 0.15) is 41.6 Å². The van der Waals surface area contributed by atoms with Crippen molar-refractivity contribution in [1.82, 2.24) is 14.8 Å². The third kappa shape index (κ3) is 4.15. The van der Waals surface area contributed by atoms with Gasteiger partial charge in [0.2, 0.25) is 0 Å². The Morgan fingerprint density at radius 2 is 1.96 bits per heavy atom. The highest BCUT2D eigenvalue weighted by Crippen LogP contribution is 2.26. The second-order valence-electron chi connectivity index (χ2n) is 7.42. The molecule has 1 saturated heterocycles. The van der Waals surface area contributed by atoms with Crippen molar-refractivity contribution in [2.24, 2.45) is 0 Å². The smallest absolute Gasteiger partial charge is 0.255 e. The van der Waals surface area contributed by atoms with Crippen LogP contribution in [0, 0.1) is 11.3 Å². The lowest BCUT2D eigenvalue weighted by molar-refractivity contribution is 0.0749. The fourth-order valence-corrected chi connectivity index (χ4v) is 3.80. The number of nitriles is 1. The van der Waals surface area contributed by atoms with E-state index in [2.05, 4.69) is 16.0 Å². The number of rotatable bonds is 4. The summed E-state index contributed by atoms with van der Waals surface area (Å²) in [5, 5.41) is 9.01. The van der Waals surface area contributed by atoms with Gasteiger partial charge in [-0.1, -0.05) is 12.5 Å². The SMILES string of the molecule is N#Cc1cccc(Oc2cncc(C(=O)N3CCCN(C4CCC4)CC3)c2)c1. The van der Waals surface area contributed by atoms with E-state index in [0.717, 1.165) is 38.6 Å². The molecule has 1 aromatic carbocycles. The molecule has 2 heterocycles. The zero-order chi connectivity index (χ0) is 19.3. The first-order chi connectivity index (χ1) is 13.7. The minimum absolute atomic E-state index is 0.000755. The van der Waals surface area contributed by atoms with Crippen LogP contribution >= 0.6 is 0 Å². The van der Waals surface area contributed by atoms with Gasteiger partial charge in [0.1, 0.15) is 11.5 Å². The summed E-state index contributed by atoms with van der Waals surface area (Å²) in [4.78, 5) is 21.6. The van der Waals surface area contributed by atoms with Crippen LogP contribution in [-0.2, 0) is 0 Å². The molecule has 0 radical (unpaired) electrons. The Bertz CT molecular complexity index is 888. The molecule has 144 valence electrons. The molecule has 6 nitrogen and oxygen atoms in total. The van der Waals surface area contributed by atoms with Crippen molar-refractivity contribution in [3.8, 4) is 17.6 Å². The van der Waals surface area contributed by atoms with Gasteiger partial charge in [-0.05, 0) is 43.5 Å². The molecule has 1 saturated carbocycles. The Hall–Kier alpha value is -2.91. The van der Waals surface area contributed by atoms with Crippen LogP contribution < -0.4 is 4.74 Å². The Balaban J connectivity index is 1.43. The maximum absolute atomic E-state index is 13.0. The minimum Gasteiger partial charge on any atom is -0.456 e. The number of aromatic nitrogens is 1. The highest BCUT2D eigenvalue weighted by Gasteiger charge is 2.28. The summed E-state index contributed by atoms with van der Waals surface area (Å²) in [5.74, 6) is 1.04. The summed E-state index contributed by atoms with van der Waals surface area (Å²) in [6.45, 7) is 3.55. The molecule has 1 aliphatic carbocycles. The first kappa shape index (κ1) is 18.5. The molecule has 0 N–H and O–H groups in total. The van der Waals surface area contributed by atoms with Crippen LogP contribution in [0.3, 0.4) is 0 Å². The molecule has 0 atom stereocenters. The molecule has 0 unspecified atom stereocenters. The summed E-state index contributed by atoms with van der Waals surface area (Å²) in [6.07, 6.45) is 8.10. The van der Waals surface area contributed by atoms with E-state index in [1.165, 1.54) is 19.3 Å². The molecule has 1 aliphatic heterocycles. The summed E-state index contributed by atoms with van der Waals surface area (Å²) in [6, 6.07) is 11.5. The number of hydrogen-bond donors (Lipinski definition) is 0. The molecular formula is C22H24N4O2. The third-order valence-electron chi connectivity index (χ3n) is 5.57. The maximum atomic E-state index is 13.0. The standard InChI is InChI=1S/C22H24N4O2/c23-14-17-4-1-7-20(12-17)28-21-13-18(15-24-16-21)22(27)26-9-3-8-25(10-11-26)19-5-2-6-19/h1,4,7,12-13,15-16,19H,2-3,5-6,8-11H2. The number of amides is 1. The van der Waals surface area contributed by atoms with E-state index in [-0.39, 0.29) is 5.91 Å². The number of carbonyl (C=O) groups is 1. The van der Waals surface area contributed by atoms with Gasteiger partial charge in [-0.15, -0.1) is 0 Å². The summed E-state index contributed by atoms with van der Waals surface area (Å²) < 4.78 is 5.80. The van der Waals surface area contributed by atoms with Gasteiger partial charge in [0, 0.05) is 38.4 Å². The van der Waals surface area contributed by atoms with Crippen LogP contribution in [0.4, 0.5) is 0 Å². The van der Waals surface area contributed by atoms with Crippen molar-refractivity contribution in [1.29, 1.82) is 5.26 Å². The molecule has 28 heavy (non-hydrogen) atoms. The van der Waals surface area contributed by atoms with Crippen molar-refractivity contribution in [3.05, 3.63) is 53.9 Å². The molecule has 1 aromatic heterocycles. The third-order valence-corrected chi connectivity index (χ3v) is 5.57. The van der Waals surface area contributed by atoms with E-state index in [9.17, 15) is 4.79 Å². The molecule has 0 spiro atoms. The molecule has 2 fully saturated rings. The van der Waals surface area contributed by atoms with E-state index < -0.39 is 0 Å². The summed E-state index contributed by atoms with van der Waals surface area (Å²) >= 11 is 0. The number of carbonyl (C=O) groups excluding carboxylic acids is 1. The van der Waals surface area contributed by atoms with E-state index in [0.29, 0.717) is 22.6 Å². The van der Waals surface area contributed by atoms with Crippen LogP contribution in [0.15, 0.2) is 42.7 Å². The Labute approximate surface area is 165 Å². The van der Waals surface area contributed by atoms with Crippen LogP contribution in [0.5, 0.6) is 11.5 Å². The lowest BCUT2D eigenvalue weighted by atomic mass is 9.91. The number of ether oxygens (including phenoxy) is 1. The molecule has 1 amide bonds. The van der Waals surface area contributed by atoms with E-state index in [1.54, 1.807) is 42.7 Å². The Morgan fingerprint density at radius 3 is 2.75 bits per heavy atom. The predicted molar refractivity (Wildman–Crippen MR) is 105 cm³/mol. The van der Waals surface area contributed by atoms with Crippen molar-refractivity contribution < 1.29 is 9.53 Å². The zero-order valence-corrected chi connectivity index (χ0v) is 15.9. The summed E-state index contributed by atoms with van der Waals surface area (Å²) in [7, 11) is 0. The highest BCUT2D eigenvalue weighted by atomic mass is 16.5. The van der Waals surface area contributed by atoms with Gasteiger partial charge >= 0.3 is 0 Å². The van der Waals surface area contributed by atoms with Crippen molar-refractivity contribution in [3.63, 3.8) is 0 Å². The fraction of sp³-hybridized carbons (Fsp3) is 0.409. The van der Waals surface area contributed by atoms with Gasteiger partial charge in [0.05, 0.1) is 23.4 Å². The lowest BCUT2D eigenvalue weighted by Crippen LogP contribution is -2.42. The maximum Gasteiger partial charge on any atom is 0.255 e. The average molecular weight is 376 g/mol. The molecule has 2 aliphatic rings. The van der Waals surface area contributed by atoms with Crippen LogP contribution in [0.2, 0.25) is 0 Å². The average Bonchev–Trinajstić information content (AvgIpc) is 2.92. The van der Waals surface area contributed by atoms with Crippen molar-refractivity contribution in [2.45, 2.75) is 31.7 Å². The lowest BCUT2D eigenvalue weighted by Gasteiger charge is -2.36. The van der Waals surface area contributed by atoms with Crippen molar-refractivity contribution >= 4 is 5.91 Å². The quantitative estimate of drug-likeness (QED) is 0.817. The minimum atomic E-state index is -0.000755. The second-order valence-corrected chi connectivity index (χ2v) is 7.42. The second kappa shape index (κ2) is 8.41. The summed E-state index contributed by atoms with van der Waals surface area (Å²) in [5.41, 5.74) is 1.06. The number of benzene rings is 1. The van der Waals surface area contributed by atoms with Crippen LogP contribution in [-0.4, -0.2) is 52.9 Å². The van der Waals surface area contributed by atoms with Gasteiger partial charge < -0.3 is 9.64 Å². The number of pyridine rings is 1. The van der Waals surface area contributed by atoms with Crippen LogP contribution in [0.25, 0.3) is 0 Å². The number of hydrogen-bond acceptors (Lipinski definition) is 5. The first-order valence-electron chi connectivity index (χ1n) is 9.89. The first-order valence-corrected chi connectivity index (χ1v) is 9.89. The molecular weight excluding hydrogens is 352 g/mol. The normalized spacial score (nSPS) is 18.0. The van der Waals surface area contributed by atoms with Gasteiger partial charge in [0.25, 0.3) is 5.91 Å². The van der Waals surface area contributed by atoms with E-state index >= 15 is 0 Å². The van der Waals surface area contributed by atoms with Gasteiger partial charge in [0.15, 0.2) is 0 Å². The largest absolute Gasteiger partial charge is 0.456 e. The topological polar surface area (TPSA) is 69.5 Å². The van der Waals surface area contributed by atoms with Gasteiger partial charge in [-0.25, -0.2) is 0 Å². The predicted octanol–water partition coefficient (Wildman–Crippen LogP) is 3.45. The Morgan fingerprint density at radius 1 is 1.07 bits per heavy atom. The van der Waals surface area contributed by atoms with E-state index in [1.807, 2.05) is 4.90 Å². The molecule has 6 heteroatoms. The van der Waals surface area contributed by atoms with Gasteiger partial charge in [-0.2, -0.15) is 5.26 Å². The molecule has 2 aromatic rings. The monoisotopic (exact) mass is 376 g/mol.